The molecule has 0 bridgehead atoms. The standard InChI is InChI=1S/C14H20ClNO3S.C5H10O2/c1-20(17,18)19-11-8-14(6-9-16-10-7-14)12-2-4-13(15)5-3-12;1-5(2,3)7-4-6/h2-5,16H,6-11H2,1H3;4H,1-3H3. The molecule has 1 aromatic carbocycles. The number of hydrogen-bond acceptors (Lipinski definition) is 6. The van der Waals surface area contributed by atoms with Gasteiger partial charge in [-0.15, -0.1) is 0 Å². The molecule has 6 nitrogen and oxygen atoms in total. The Morgan fingerprint density at radius 1 is 1.19 bits per heavy atom. The molecule has 1 fully saturated rings. The summed E-state index contributed by atoms with van der Waals surface area (Å²) < 4.78 is 31.7. The lowest BCUT2D eigenvalue weighted by molar-refractivity contribution is -0.138. The highest BCUT2D eigenvalue weighted by Gasteiger charge is 2.33. The summed E-state index contributed by atoms with van der Waals surface area (Å²) in [5, 5.41) is 4.06. The molecule has 0 radical (unpaired) electrons. The predicted octanol–water partition coefficient (Wildman–Crippen LogP) is 3.29. The van der Waals surface area contributed by atoms with E-state index in [1.807, 2.05) is 45.0 Å². The molecule has 1 saturated heterocycles. The fourth-order valence-corrected chi connectivity index (χ4v) is 3.44. The van der Waals surface area contributed by atoms with Crippen molar-refractivity contribution >= 4 is 28.2 Å². The quantitative estimate of drug-likeness (QED) is 0.562. The highest BCUT2D eigenvalue weighted by molar-refractivity contribution is 7.85. The van der Waals surface area contributed by atoms with Crippen LogP contribution < -0.4 is 5.32 Å². The molecule has 0 spiro atoms. The van der Waals surface area contributed by atoms with Crippen molar-refractivity contribution in [1.82, 2.24) is 5.32 Å². The molecule has 154 valence electrons. The highest BCUT2D eigenvalue weighted by Crippen LogP contribution is 2.37. The number of halogens is 1. The summed E-state index contributed by atoms with van der Waals surface area (Å²) in [4.78, 5) is 9.60. The van der Waals surface area contributed by atoms with E-state index in [9.17, 15) is 13.2 Å². The van der Waals surface area contributed by atoms with E-state index in [0.29, 0.717) is 17.9 Å². The van der Waals surface area contributed by atoms with E-state index in [0.717, 1.165) is 32.2 Å². The Balaban J connectivity index is 0.000000445. The monoisotopic (exact) mass is 419 g/mol. The average molecular weight is 420 g/mol. The molecule has 0 unspecified atom stereocenters. The van der Waals surface area contributed by atoms with Crippen molar-refractivity contribution in [1.29, 1.82) is 0 Å². The minimum Gasteiger partial charge on any atom is -0.462 e. The number of carbonyl (C=O) groups excluding carboxylic acids is 1. The number of piperidine rings is 1. The molecular formula is C19H30ClNO5S. The molecule has 1 aliphatic heterocycles. The van der Waals surface area contributed by atoms with Gasteiger partial charge in [0.1, 0.15) is 5.60 Å². The zero-order valence-electron chi connectivity index (χ0n) is 16.5. The maximum atomic E-state index is 11.1. The second-order valence-electron chi connectivity index (χ2n) is 7.64. The topological polar surface area (TPSA) is 81.7 Å². The lowest BCUT2D eigenvalue weighted by atomic mass is 9.71. The van der Waals surface area contributed by atoms with Gasteiger partial charge < -0.3 is 10.1 Å². The van der Waals surface area contributed by atoms with E-state index < -0.39 is 10.1 Å². The summed E-state index contributed by atoms with van der Waals surface area (Å²) in [6.07, 6.45) is 3.73. The zero-order valence-corrected chi connectivity index (χ0v) is 18.0. The van der Waals surface area contributed by atoms with Crippen LogP contribution in [0.3, 0.4) is 0 Å². The molecule has 0 atom stereocenters. The summed E-state index contributed by atoms with van der Waals surface area (Å²) in [5.41, 5.74) is 0.864. The Morgan fingerprint density at radius 3 is 2.15 bits per heavy atom. The first-order valence-electron chi connectivity index (χ1n) is 8.90. The van der Waals surface area contributed by atoms with Crippen LogP contribution in [-0.4, -0.2) is 46.4 Å². The van der Waals surface area contributed by atoms with Gasteiger partial charge in [-0.1, -0.05) is 23.7 Å². The van der Waals surface area contributed by atoms with Crippen LogP contribution in [-0.2, 0) is 29.2 Å². The first-order valence-corrected chi connectivity index (χ1v) is 11.1. The molecule has 1 heterocycles. The maximum Gasteiger partial charge on any atom is 0.293 e. The smallest absolute Gasteiger partial charge is 0.293 e. The third kappa shape index (κ3) is 9.55. The Kier molecular flexibility index (Phi) is 9.21. The van der Waals surface area contributed by atoms with Crippen LogP contribution >= 0.6 is 11.6 Å². The lowest BCUT2D eigenvalue weighted by Crippen LogP contribution is -2.40. The average Bonchev–Trinajstić information content (AvgIpc) is 2.54. The van der Waals surface area contributed by atoms with Gasteiger partial charge in [0.15, 0.2) is 0 Å². The number of ether oxygens (including phenoxy) is 1. The third-order valence-corrected chi connectivity index (χ3v) is 5.14. The molecule has 0 aromatic heterocycles. The van der Waals surface area contributed by atoms with Crippen molar-refractivity contribution in [3.05, 3.63) is 34.9 Å². The Morgan fingerprint density at radius 2 is 1.74 bits per heavy atom. The van der Waals surface area contributed by atoms with Crippen molar-refractivity contribution in [2.75, 3.05) is 26.0 Å². The van der Waals surface area contributed by atoms with Gasteiger partial charge in [-0.3, -0.25) is 8.98 Å². The SMILES string of the molecule is CC(C)(C)OC=O.CS(=O)(=O)OCCC1(c2ccc(Cl)cc2)CCNCC1. The highest BCUT2D eigenvalue weighted by atomic mass is 35.5. The fraction of sp³-hybridized carbons (Fsp3) is 0.632. The van der Waals surface area contributed by atoms with Crippen molar-refractivity contribution in [3.63, 3.8) is 0 Å². The molecule has 27 heavy (non-hydrogen) atoms. The molecule has 8 heteroatoms. The first kappa shape index (κ1) is 23.9. The normalized spacial score (nSPS) is 16.8. The van der Waals surface area contributed by atoms with E-state index in [-0.39, 0.29) is 17.6 Å². The summed E-state index contributed by atoms with van der Waals surface area (Å²) >= 11 is 5.94. The minimum absolute atomic E-state index is 0.0273. The Bertz CT molecular complexity index is 677. The van der Waals surface area contributed by atoms with E-state index in [4.69, 9.17) is 15.8 Å². The van der Waals surface area contributed by atoms with Crippen molar-refractivity contribution in [3.8, 4) is 0 Å². The van der Waals surface area contributed by atoms with Gasteiger partial charge in [-0.2, -0.15) is 8.42 Å². The summed E-state index contributed by atoms with van der Waals surface area (Å²) in [6, 6.07) is 7.85. The van der Waals surface area contributed by atoms with Crippen LogP contribution in [0.1, 0.15) is 45.6 Å². The molecule has 0 amide bonds. The second kappa shape index (κ2) is 10.4. The van der Waals surface area contributed by atoms with Crippen LogP contribution in [0, 0.1) is 0 Å². The van der Waals surface area contributed by atoms with Crippen molar-refractivity contribution in [2.24, 2.45) is 0 Å². The first-order chi connectivity index (χ1) is 12.5. The van der Waals surface area contributed by atoms with Crippen molar-refractivity contribution < 1.29 is 22.1 Å². The maximum absolute atomic E-state index is 11.1. The second-order valence-corrected chi connectivity index (χ2v) is 9.72. The van der Waals surface area contributed by atoms with Crippen LogP contribution in [0.2, 0.25) is 5.02 Å². The van der Waals surface area contributed by atoms with E-state index >= 15 is 0 Å². The molecule has 2 rings (SSSR count). The third-order valence-electron chi connectivity index (χ3n) is 4.30. The van der Waals surface area contributed by atoms with Crippen LogP contribution in [0.25, 0.3) is 0 Å². The lowest BCUT2D eigenvalue weighted by Gasteiger charge is -2.38. The number of benzene rings is 1. The molecule has 1 aromatic rings. The number of nitrogens with one attached hydrogen (secondary N) is 1. The fourth-order valence-electron chi connectivity index (χ4n) is 2.92. The van der Waals surface area contributed by atoms with Gasteiger partial charge in [-0.05, 0) is 76.2 Å². The van der Waals surface area contributed by atoms with E-state index in [1.54, 1.807) is 0 Å². The molecule has 0 aliphatic carbocycles. The van der Waals surface area contributed by atoms with Gasteiger partial charge in [0.05, 0.1) is 12.9 Å². The summed E-state index contributed by atoms with van der Waals surface area (Å²) in [7, 11) is -3.38. The number of rotatable bonds is 6. The number of hydrogen-bond donors (Lipinski definition) is 1. The predicted molar refractivity (Wildman–Crippen MR) is 108 cm³/mol. The molecule has 1 aliphatic rings. The largest absolute Gasteiger partial charge is 0.462 e. The Labute approximate surface area is 167 Å². The van der Waals surface area contributed by atoms with Crippen LogP contribution in [0.5, 0.6) is 0 Å². The van der Waals surface area contributed by atoms with Gasteiger partial charge in [-0.25, -0.2) is 0 Å². The van der Waals surface area contributed by atoms with Crippen LogP contribution in [0.15, 0.2) is 24.3 Å². The summed E-state index contributed by atoms with van der Waals surface area (Å²) in [5.74, 6) is 0. The number of carbonyl (C=O) groups is 1. The van der Waals surface area contributed by atoms with Crippen LogP contribution in [0.4, 0.5) is 0 Å². The van der Waals surface area contributed by atoms with Crippen molar-refractivity contribution in [2.45, 2.75) is 51.0 Å². The van der Waals surface area contributed by atoms with Gasteiger partial charge in [0.2, 0.25) is 0 Å². The zero-order chi connectivity index (χ0) is 20.6. The molecule has 1 N–H and O–H groups in total. The molecule has 0 saturated carbocycles. The molecular weight excluding hydrogens is 390 g/mol. The van der Waals surface area contributed by atoms with E-state index in [2.05, 4.69) is 10.1 Å². The van der Waals surface area contributed by atoms with E-state index in [1.165, 1.54) is 5.56 Å². The van der Waals surface area contributed by atoms with Gasteiger partial charge in [0.25, 0.3) is 16.6 Å². The van der Waals surface area contributed by atoms with Gasteiger partial charge >= 0.3 is 0 Å². The minimum atomic E-state index is -3.38. The summed E-state index contributed by atoms with van der Waals surface area (Å²) in [6.45, 7) is 8.01. The van der Waals surface area contributed by atoms with Gasteiger partial charge in [0, 0.05) is 5.02 Å². The Hall–Kier alpha value is -1.15.